The van der Waals surface area contributed by atoms with Gasteiger partial charge in [-0.3, -0.25) is 4.57 Å². The Morgan fingerprint density at radius 2 is 2.05 bits per heavy atom. The van der Waals surface area contributed by atoms with Crippen molar-refractivity contribution >= 4 is 0 Å². The highest BCUT2D eigenvalue weighted by Gasteiger charge is 2.19. The van der Waals surface area contributed by atoms with Gasteiger partial charge < -0.3 is 5.32 Å². The van der Waals surface area contributed by atoms with Crippen LogP contribution in [0.1, 0.15) is 51.3 Å². The standard InChI is InChI=1S/C15H26N4O/c1-12-5-7-13(8-6-12)16-9-11-19-15(20)18-10-3-2-4-14(18)17-19/h12-13,16H,2-11H2,1H3. The number of fused-ring (bicyclic) bond motifs is 1. The molecule has 1 fully saturated rings. The van der Waals surface area contributed by atoms with E-state index >= 15 is 0 Å². The van der Waals surface area contributed by atoms with Crippen molar-refractivity contribution in [1.82, 2.24) is 19.7 Å². The number of hydrogen-bond donors (Lipinski definition) is 1. The van der Waals surface area contributed by atoms with Crippen molar-refractivity contribution in [3.8, 4) is 0 Å². The first-order valence-corrected chi connectivity index (χ1v) is 8.14. The Bertz CT molecular complexity index is 496. The monoisotopic (exact) mass is 278 g/mol. The molecule has 1 aliphatic carbocycles. The Kier molecular flexibility index (Phi) is 4.24. The van der Waals surface area contributed by atoms with Gasteiger partial charge in [0.2, 0.25) is 0 Å². The molecular weight excluding hydrogens is 252 g/mol. The van der Waals surface area contributed by atoms with Crippen LogP contribution in [0.5, 0.6) is 0 Å². The fraction of sp³-hybridized carbons (Fsp3) is 0.867. The average Bonchev–Trinajstić information content (AvgIpc) is 2.78. The summed E-state index contributed by atoms with van der Waals surface area (Å²) in [5, 5.41) is 8.06. The van der Waals surface area contributed by atoms with E-state index in [4.69, 9.17) is 0 Å². The SMILES string of the molecule is CC1CCC(NCCn2nc3n(c2=O)CCCC3)CC1. The first kappa shape index (κ1) is 13.9. The third-order valence-corrected chi connectivity index (χ3v) is 4.80. The van der Waals surface area contributed by atoms with Gasteiger partial charge in [0.1, 0.15) is 5.82 Å². The van der Waals surface area contributed by atoms with Crippen LogP contribution in [0.2, 0.25) is 0 Å². The first-order chi connectivity index (χ1) is 9.74. The molecule has 2 aliphatic rings. The molecular formula is C15H26N4O. The molecule has 0 aromatic carbocycles. The number of nitrogens with zero attached hydrogens (tertiary/aromatic N) is 3. The van der Waals surface area contributed by atoms with E-state index in [0.29, 0.717) is 12.6 Å². The number of aryl methyl sites for hydroxylation is 1. The molecule has 1 saturated carbocycles. The highest BCUT2D eigenvalue weighted by Crippen LogP contribution is 2.23. The molecule has 2 heterocycles. The summed E-state index contributed by atoms with van der Waals surface area (Å²) in [7, 11) is 0. The number of aromatic nitrogens is 3. The lowest BCUT2D eigenvalue weighted by Crippen LogP contribution is -2.36. The molecule has 5 nitrogen and oxygen atoms in total. The van der Waals surface area contributed by atoms with E-state index < -0.39 is 0 Å². The van der Waals surface area contributed by atoms with Crippen LogP contribution in [0, 0.1) is 5.92 Å². The topological polar surface area (TPSA) is 51.9 Å². The summed E-state index contributed by atoms with van der Waals surface area (Å²) >= 11 is 0. The van der Waals surface area contributed by atoms with Gasteiger partial charge in [-0.15, -0.1) is 0 Å². The zero-order valence-electron chi connectivity index (χ0n) is 12.5. The molecule has 0 radical (unpaired) electrons. The second-order valence-corrected chi connectivity index (χ2v) is 6.44. The third-order valence-electron chi connectivity index (χ3n) is 4.80. The molecule has 112 valence electrons. The normalized spacial score (nSPS) is 26.4. The molecule has 1 aliphatic heterocycles. The van der Waals surface area contributed by atoms with Gasteiger partial charge >= 0.3 is 5.69 Å². The van der Waals surface area contributed by atoms with Gasteiger partial charge in [-0.25, -0.2) is 9.48 Å². The van der Waals surface area contributed by atoms with E-state index in [1.165, 1.54) is 25.7 Å². The first-order valence-electron chi connectivity index (χ1n) is 8.14. The summed E-state index contributed by atoms with van der Waals surface area (Å²) in [5.41, 5.74) is 0.0822. The van der Waals surface area contributed by atoms with Crippen molar-refractivity contribution in [2.45, 2.75) is 71.0 Å². The van der Waals surface area contributed by atoms with Crippen molar-refractivity contribution in [2.24, 2.45) is 5.92 Å². The highest BCUT2D eigenvalue weighted by atomic mass is 16.2. The second-order valence-electron chi connectivity index (χ2n) is 6.44. The molecule has 1 aromatic rings. The van der Waals surface area contributed by atoms with Crippen LogP contribution >= 0.6 is 0 Å². The molecule has 20 heavy (non-hydrogen) atoms. The van der Waals surface area contributed by atoms with Crippen LogP contribution in [-0.4, -0.2) is 26.9 Å². The summed E-state index contributed by atoms with van der Waals surface area (Å²) in [5.74, 6) is 1.86. The van der Waals surface area contributed by atoms with Crippen LogP contribution in [-0.2, 0) is 19.5 Å². The smallest absolute Gasteiger partial charge is 0.312 e. The fourth-order valence-electron chi connectivity index (χ4n) is 3.43. The maximum Gasteiger partial charge on any atom is 0.345 e. The van der Waals surface area contributed by atoms with Crippen molar-refractivity contribution in [1.29, 1.82) is 0 Å². The zero-order valence-corrected chi connectivity index (χ0v) is 12.5. The number of hydrogen-bond acceptors (Lipinski definition) is 3. The van der Waals surface area contributed by atoms with E-state index in [9.17, 15) is 4.79 Å². The zero-order chi connectivity index (χ0) is 13.9. The summed E-state index contributed by atoms with van der Waals surface area (Å²) in [6.07, 6.45) is 8.43. The van der Waals surface area contributed by atoms with Crippen molar-refractivity contribution in [2.75, 3.05) is 6.54 Å². The van der Waals surface area contributed by atoms with Gasteiger partial charge in [-0.1, -0.05) is 6.92 Å². The Hall–Kier alpha value is -1.10. The van der Waals surface area contributed by atoms with Crippen LogP contribution in [0.4, 0.5) is 0 Å². The lowest BCUT2D eigenvalue weighted by Gasteiger charge is -2.26. The molecule has 0 amide bonds. The maximum atomic E-state index is 12.2. The number of nitrogens with one attached hydrogen (secondary N) is 1. The molecule has 5 heteroatoms. The van der Waals surface area contributed by atoms with Crippen LogP contribution < -0.4 is 11.0 Å². The van der Waals surface area contributed by atoms with Crippen molar-refractivity contribution < 1.29 is 0 Å². The molecule has 0 unspecified atom stereocenters. The van der Waals surface area contributed by atoms with Crippen molar-refractivity contribution in [3.05, 3.63) is 16.3 Å². The van der Waals surface area contributed by atoms with Crippen LogP contribution in [0.25, 0.3) is 0 Å². The summed E-state index contributed by atoms with van der Waals surface area (Å²) < 4.78 is 3.50. The predicted molar refractivity (Wildman–Crippen MR) is 78.8 cm³/mol. The molecule has 0 saturated heterocycles. The van der Waals surface area contributed by atoms with Gasteiger partial charge in [0.25, 0.3) is 0 Å². The Labute approximate surface area is 120 Å². The summed E-state index contributed by atoms with van der Waals surface area (Å²) in [6.45, 7) is 4.74. The quantitative estimate of drug-likeness (QED) is 0.909. The summed E-state index contributed by atoms with van der Waals surface area (Å²) in [4.78, 5) is 12.2. The number of rotatable bonds is 4. The molecule has 0 atom stereocenters. The molecule has 0 bridgehead atoms. The third kappa shape index (κ3) is 2.97. The minimum Gasteiger partial charge on any atom is -0.312 e. The van der Waals surface area contributed by atoms with Gasteiger partial charge in [-0.05, 0) is 44.4 Å². The van der Waals surface area contributed by atoms with E-state index in [2.05, 4.69) is 17.3 Å². The highest BCUT2D eigenvalue weighted by molar-refractivity contribution is 4.91. The fourth-order valence-corrected chi connectivity index (χ4v) is 3.43. The molecule has 3 rings (SSSR count). The van der Waals surface area contributed by atoms with Gasteiger partial charge in [0.15, 0.2) is 0 Å². The Balaban J connectivity index is 1.51. The van der Waals surface area contributed by atoms with Gasteiger partial charge in [0, 0.05) is 25.6 Å². The lowest BCUT2D eigenvalue weighted by atomic mass is 9.87. The van der Waals surface area contributed by atoms with Crippen LogP contribution in [0.3, 0.4) is 0 Å². The van der Waals surface area contributed by atoms with Crippen molar-refractivity contribution in [3.63, 3.8) is 0 Å². The second kappa shape index (κ2) is 6.12. The minimum atomic E-state index is 0.0822. The molecule has 1 N–H and O–H groups in total. The van der Waals surface area contributed by atoms with E-state index in [-0.39, 0.29) is 5.69 Å². The van der Waals surface area contributed by atoms with E-state index in [1.54, 1.807) is 4.68 Å². The van der Waals surface area contributed by atoms with E-state index in [0.717, 1.165) is 44.1 Å². The van der Waals surface area contributed by atoms with Crippen LogP contribution in [0.15, 0.2) is 4.79 Å². The predicted octanol–water partition coefficient (Wildman–Crippen LogP) is 1.55. The maximum absolute atomic E-state index is 12.2. The van der Waals surface area contributed by atoms with Gasteiger partial charge in [-0.2, -0.15) is 5.10 Å². The van der Waals surface area contributed by atoms with E-state index in [1.807, 2.05) is 4.57 Å². The Morgan fingerprint density at radius 3 is 2.80 bits per heavy atom. The minimum absolute atomic E-state index is 0.0822. The molecule has 1 aromatic heterocycles. The van der Waals surface area contributed by atoms with Gasteiger partial charge in [0.05, 0.1) is 6.54 Å². The summed E-state index contributed by atoms with van der Waals surface area (Å²) in [6, 6.07) is 0.638. The lowest BCUT2D eigenvalue weighted by molar-refractivity contribution is 0.303. The average molecular weight is 278 g/mol. The molecule has 0 spiro atoms. The largest absolute Gasteiger partial charge is 0.345 e. The Morgan fingerprint density at radius 1 is 1.25 bits per heavy atom.